The fourth-order valence-electron chi connectivity index (χ4n) is 0.632. The second kappa shape index (κ2) is 3.25. The normalized spacial score (nSPS) is 9.73. The third-order valence-electron chi connectivity index (χ3n) is 1.19. The summed E-state index contributed by atoms with van der Waals surface area (Å²) in [4.78, 5) is 10.2. The number of benzene rings is 1. The first-order valence-electron chi connectivity index (χ1n) is 2.75. The van der Waals surface area contributed by atoms with Gasteiger partial charge in [0, 0.05) is 5.56 Å². The SMILES string of the molecule is O=Cc1ccc(F)c(F)c1I. The summed E-state index contributed by atoms with van der Waals surface area (Å²) in [6, 6.07) is 2.18. The molecule has 58 valence electrons. The van der Waals surface area contributed by atoms with Crippen LogP contribution in [0, 0.1) is 15.2 Å². The van der Waals surface area contributed by atoms with Gasteiger partial charge in [0.25, 0.3) is 0 Å². The summed E-state index contributed by atoms with van der Waals surface area (Å²) in [6.45, 7) is 0. The molecule has 0 saturated carbocycles. The summed E-state index contributed by atoms with van der Waals surface area (Å²) in [6.07, 6.45) is 0.490. The molecule has 0 aromatic heterocycles. The molecule has 1 aromatic carbocycles. The van der Waals surface area contributed by atoms with Crippen molar-refractivity contribution in [1.29, 1.82) is 0 Å². The van der Waals surface area contributed by atoms with Gasteiger partial charge in [0.2, 0.25) is 0 Å². The summed E-state index contributed by atoms with van der Waals surface area (Å²) in [5.41, 5.74) is 0.171. The second-order valence-electron chi connectivity index (χ2n) is 1.88. The van der Waals surface area contributed by atoms with Gasteiger partial charge in [-0.2, -0.15) is 0 Å². The van der Waals surface area contributed by atoms with Gasteiger partial charge in [0.05, 0.1) is 3.57 Å². The van der Waals surface area contributed by atoms with E-state index in [4.69, 9.17) is 0 Å². The van der Waals surface area contributed by atoms with E-state index in [1.165, 1.54) is 6.07 Å². The minimum absolute atomic E-state index is 0.0256. The van der Waals surface area contributed by atoms with Crippen molar-refractivity contribution in [2.75, 3.05) is 0 Å². The third kappa shape index (κ3) is 1.55. The first-order valence-corrected chi connectivity index (χ1v) is 3.83. The van der Waals surface area contributed by atoms with Gasteiger partial charge in [0.15, 0.2) is 17.9 Å². The zero-order chi connectivity index (χ0) is 8.43. The molecule has 0 saturated heterocycles. The summed E-state index contributed by atoms with van der Waals surface area (Å²) in [5, 5.41) is 0. The van der Waals surface area contributed by atoms with E-state index in [2.05, 4.69) is 0 Å². The monoisotopic (exact) mass is 268 g/mol. The standard InChI is InChI=1S/C7H3F2IO/c8-5-2-1-4(3-11)7(10)6(5)9/h1-3H. The number of aldehydes is 1. The van der Waals surface area contributed by atoms with Gasteiger partial charge >= 0.3 is 0 Å². The Morgan fingerprint density at radius 1 is 1.36 bits per heavy atom. The zero-order valence-electron chi connectivity index (χ0n) is 5.27. The molecule has 0 fully saturated rings. The molecule has 0 aliphatic carbocycles. The molecule has 0 unspecified atom stereocenters. The van der Waals surface area contributed by atoms with Crippen LogP contribution < -0.4 is 0 Å². The summed E-state index contributed by atoms with van der Waals surface area (Å²) in [5.74, 6) is -1.89. The predicted octanol–water partition coefficient (Wildman–Crippen LogP) is 2.38. The maximum Gasteiger partial charge on any atom is 0.172 e. The Kier molecular flexibility index (Phi) is 2.53. The molecule has 4 heteroatoms. The van der Waals surface area contributed by atoms with Crippen molar-refractivity contribution in [3.63, 3.8) is 0 Å². The Morgan fingerprint density at radius 2 is 2.00 bits per heavy atom. The van der Waals surface area contributed by atoms with E-state index in [0.717, 1.165) is 6.07 Å². The van der Waals surface area contributed by atoms with E-state index in [-0.39, 0.29) is 9.13 Å². The Morgan fingerprint density at radius 3 is 2.55 bits per heavy atom. The number of hydrogen-bond acceptors (Lipinski definition) is 1. The highest BCUT2D eigenvalue weighted by Crippen LogP contribution is 2.17. The van der Waals surface area contributed by atoms with E-state index in [1.54, 1.807) is 22.6 Å². The lowest BCUT2D eigenvalue weighted by molar-refractivity contribution is 0.112. The van der Waals surface area contributed by atoms with Gasteiger partial charge in [0.1, 0.15) is 0 Å². The molecular formula is C7H3F2IO. The molecule has 1 aromatic rings. The quantitative estimate of drug-likeness (QED) is 0.434. The number of rotatable bonds is 1. The van der Waals surface area contributed by atoms with Crippen LogP contribution in [0.15, 0.2) is 12.1 Å². The molecule has 0 spiro atoms. The van der Waals surface area contributed by atoms with Crippen LogP contribution in [0.25, 0.3) is 0 Å². The highest BCUT2D eigenvalue weighted by atomic mass is 127. The molecule has 0 N–H and O–H groups in total. The number of carbonyl (C=O) groups is 1. The van der Waals surface area contributed by atoms with Gasteiger partial charge in [-0.15, -0.1) is 0 Å². The molecule has 0 heterocycles. The topological polar surface area (TPSA) is 17.1 Å². The number of hydrogen-bond donors (Lipinski definition) is 0. The minimum atomic E-state index is -0.963. The van der Waals surface area contributed by atoms with Crippen LogP contribution in [0.5, 0.6) is 0 Å². The average Bonchev–Trinajstić information content (AvgIpc) is 2.01. The van der Waals surface area contributed by atoms with Crippen LogP contribution in [0.1, 0.15) is 10.4 Å². The van der Waals surface area contributed by atoms with Crippen molar-refractivity contribution >= 4 is 28.9 Å². The van der Waals surface area contributed by atoms with Crippen molar-refractivity contribution < 1.29 is 13.6 Å². The Bertz CT molecular complexity index is 299. The van der Waals surface area contributed by atoms with E-state index < -0.39 is 11.6 Å². The summed E-state index contributed by atoms with van der Waals surface area (Å²) >= 11 is 1.58. The molecule has 0 aliphatic rings. The van der Waals surface area contributed by atoms with Crippen molar-refractivity contribution in [3.05, 3.63) is 32.9 Å². The van der Waals surface area contributed by atoms with E-state index in [9.17, 15) is 13.6 Å². The fraction of sp³-hybridized carbons (Fsp3) is 0. The van der Waals surface area contributed by atoms with Gasteiger partial charge in [-0.05, 0) is 34.7 Å². The molecule has 0 aliphatic heterocycles. The van der Waals surface area contributed by atoms with Crippen LogP contribution in [0.2, 0.25) is 0 Å². The van der Waals surface area contributed by atoms with Crippen molar-refractivity contribution in [2.45, 2.75) is 0 Å². The number of carbonyl (C=O) groups excluding carboxylic acids is 1. The first-order chi connectivity index (χ1) is 5.16. The largest absolute Gasteiger partial charge is 0.298 e. The lowest BCUT2D eigenvalue weighted by Gasteiger charge is -1.97. The van der Waals surface area contributed by atoms with Gasteiger partial charge in [-0.1, -0.05) is 0 Å². The molecule has 0 radical (unpaired) electrons. The lowest BCUT2D eigenvalue weighted by Crippen LogP contribution is -1.94. The van der Waals surface area contributed by atoms with Crippen LogP contribution in [0.4, 0.5) is 8.78 Å². The molecule has 1 nitrogen and oxygen atoms in total. The minimum Gasteiger partial charge on any atom is -0.298 e. The molecule has 11 heavy (non-hydrogen) atoms. The van der Waals surface area contributed by atoms with Crippen molar-refractivity contribution in [3.8, 4) is 0 Å². The third-order valence-corrected chi connectivity index (χ3v) is 2.29. The van der Waals surface area contributed by atoms with Crippen LogP contribution in [-0.2, 0) is 0 Å². The number of halogens is 3. The second-order valence-corrected chi connectivity index (χ2v) is 2.96. The maximum atomic E-state index is 12.6. The fourth-order valence-corrected chi connectivity index (χ4v) is 1.20. The van der Waals surface area contributed by atoms with Crippen molar-refractivity contribution in [1.82, 2.24) is 0 Å². The summed E-state index contributed by atoms with van der Waals surface area (Å²) in [7, 11) is 0. The van der Waals surface area contributed by atoms with Gasteiger partial charge in [-0.3, -0.25) is 4.79 Å². The maximum absolute atomic E-state index is 12.6. The van der Waals surface area contributed by atoms with E-state index >= 15 is 0 Å². The van der Waals surface area contributed by atoms with E-state index in [1.807, 2.05) is 0 Å². The van der Waals surface area contributed by atoms with Gasteiger partial charge < -0.3 is 0 Å². The highest BCUT2D eigenvalue weighted by molar-refractivity contribution is 14.1. The highest BCUT2D eigenvalue weighted by Gasteiger charge is 2.09. The van der Waals surface area contributed by atoms with Crippen LogP contribution in [0.3, 0.4) is 0 Å². The zero-order valence-corrected chi connectivity index (χ0v) is 7.43. The molecule has 0 atom stereocenters. The van der Waals surface area contributed by atoms with E-state index in [0.29, 0.717) is 6.29 Å². The molecular weight excluding hydrogens is 265 g/mol. The van der Waals surface area contributed by atoms with Crippen molar-refractivity contribution in [2.24, 2.45) is 0 Å². The lowest BCUT2D eigenvalue weighted by atomic mass is 10.2. The smallest absolute Gasteiger partial charge is 0.172 e. The first kappa shape index (κ1) is 8.58. The molecule has 0 amide bonds. The average molecular weight is 268 g/mol. The summed E-state index contributed by atoms with van der Waals surface area (Å²) < 4.78 is 25.1. The molecule has 1 rings (SSSR count). The Hall–Kier alpha value is -0.520. The predicted molar refractivity (Wildman–Crippen MR) is 44.5 cm³/mol. The molecule has 0 bridgehead atoms. The van der Waals surface area contributed by atoms with Crippen LogP contribution >= 0.6 is 22.6 Å². The van der Waals surface area contributed by atoms with Gasteiger partial charge in [-0.25, -0.2) is 8.78 Å². The van der Waals surface area contributed by atoms with Crippen LogP contribution in [-0.4, -0.2) is 6.29 Å². The Labute approximate surface area is 75.6 Å². The Balaban J connectivity index is 3.36.